The van der Waals surface area contributed by atoms with Crippen molar-refractivity contribution in [2.45, 2.75) is 12.8 Å². The predicted octanol–water partition coefficient (Wildman–Crippen LogP) is 2.92. The average Bonchev–Trinajstić information content (AvgIpc) is 2.71. The van der Waals surface area contributed by atoms with Crippen LogP contribution in [0.4, 0.5) is 11.4 Å². The molecule has 2 rings (SSSR count). The van der Waals surface area contributed by atoms with Crippen molar-refractivity contribution in [2.75, 3.05) is 25.0 Å². The summed E-state index contributed by atoms with van der Waals surface area (Å²) in [5, 5.41) is 4.12. The molecule has 0 N–H and O–H groups in total. The van der Waals surface area contributed by atoms with Crippen LogP contribution in [0.2, 0.25) is 0 Å². The number of benzene rings is 1. The van der Waals surface area contributed by atoms with Crippen molar-refractivity contribution in [1.82, 2.24) is 0 Å². The van der Waals surface area contributed by atoms with Crippen LogP contribution >= 0.6 is 0 Å². The van der Waals surface area contributed by atoms with Crippen LogP contribution < -0.4 is 4.90 Å². The lowest BCUT2D eigenvalue weighted by molar-refractivity contribution is 0.949. The lowest BCUT2D eigenvalue weighted by Crippen LogP contribution is -2.17. The van der Waals surface area contributed by atoms with Crippen molar-refractivity contribution < 1.29 is 0 Å². The summed E-state index contributed by atoms with van der Waals surface area (Å²) in [6.45, 7) is 2.42. The van der Waals surface area contributed by atoms with Crippen LogP contribution in [-0.4, -0.2) is 20.1 Å². The van der Waals surface area contributed by atoms with Gasteiger partial charge in [0, 0.05) is 18.8 Å². The van der Waals surface area contributed by atoms with E-state index >= 15 is 0 Å². The molecule has 0 spiro atoms. The first kappa shape index (κ1) is 8.42. The molecule has 1 aromatic carbocycles. The van der Waals surface area contributed by atoms with Crippen molar-refractivity contribution in [3.63, 3.8) is 0 Å². The van der Waals surface area contributed by atoms with Gasteiger partial charge in [0.1, 0.15) is 0 Å². The topological polar surface area (TPSA) is 17.3 Å². The van der Waals surface area contributed by atoms with E-state index in [9.17, 15) is 0 Å². The standard InChI is InChI=1S/C11H15N2/c1-12-10-4-6-11(7-5-10)13-8-2-3-9-13/h4-7H,2-3,8-9H2,1H3/q-1. The van der Waals surface area contributed by atoms with Gasteiger partial charge in [-0.2, -0.15) is 0 Å². The number of anilines is 1. The van der Waals surface area contributed by atoms with Crippen LogP contribution in [0.1, 0.15) is 12.8 Å². The minimum absolute atomic E-state index is 1.06. The molecule has 70 valence electrons. The van der Waals surface area contributed by atoms with E-state index in [4.69, 9.17) is 0 Å². The Balaban J connectivity index is 2.12. The molecule has 0 aromatic heterocycles. The summed E-state index contributed by atoms with van der Waals surface area (Å²) in [5.74, 6) is 0. The smallest absolute Gasteiger partial charge is 0.0365 e. The van der Waals surface area contributed by atoms with E-state index < -0.39 is 0 Å². The van der Waals surface area contributed by atoms with Crippen LogP contribution in [0, 0.1) is 0 Å². The number of rotatable bonds is 2. The Morgan fingerprint density at radius 2 is 1.69 bits per heavy atom. The van der Waals surface area contributed by atoms with Gasteiger partial charge in [0.25, 0.3) is 0 Å². The highest BCUT2D eigenvalue weighted by atomic mass is 15.1. The summed E-state index contributed by atoms with van der Waals surface area (Å²) in [6.07, 6.45) is 2.67. The van der Waals surface area contributed by atoms with Gasteiger partial charge in [-0.3, -0.25) is 0 Å². The van der Waals surface area contributed by atoms with E-state index in [1.54, 1.807) is 0 Å². The quantitative estimate of drug-likeness (QED) is 0.675. The fraction of sp³-hybridized carbons (Fsp3) is 0.455. The van der Waals surface area contributed by atoms with Crippen LogP contribution in [0.25, 0.3) is 5.32 Å². The van der Waals surface area contributed by atoms with Crippen molar-refractivity contribution >= 4 is 11.4 Å². The van der Waals surface area contributed by atoms with E-state index in [1.807, 2.05) is 7.05 Å². The van der Waals surface area contributed by atoms with Crippen LogP contribution in [-0.2, 0) is 0 Å². The first-order valence-corrected chi connectivity index (χ1v) is 4.85. The lowest BCUT2D eigenvalue weighted by Gasteiger charge is -2.20. The monoisotopic (exact) mass is 175 g/mol. The molecule has 1 aliphatic heterocycles. The Morgan fingerprint density at radius 1 is 1.08 bits per heavy atom. The van der Waals surface area contributed by atoms with Gasteiger partial charge in [0.05, 0.1) is 0 Å². The Morgan fingerprint density at radius 3 is 2.23 bits per heavy atom. The summed E-state index contributed by atoms with van der Waals surface area (Å²) in [4.78, 5) is 2.43. The molecule has 0 radical (unpaired) electrons. The molecule has 0 unspecified atom stereocenters. The van der Waals surface area contributed by atoms with Crippen LogP contribution in [0.5, 0.6) is 0 Å². The number of hydrogen-bond acceptors (Lipinski definition) is 1. The van der Waals surface area contributed by atoms with E-state index in [1.165, 1.54) is 31.6 Å². The molecule has 0 bridgehead atoms. The first-order valence-electron chi connectivity index (χ1n) is 4.85. The van der Waals surface area contributed by atoms with E-state index in [-0.39, 0.29) is 0 Å². The second-order valence-electron chi connectivity index (χ2n) is 3.43. The third-order valence-corrected chi connectivity index (χ3v) is 2.58. The maximum Gasteiger partial charge on any atom is 0.0365 e. The zero-order valence-corrected chi connectivity index (χ0v) is 8.03. The molecule has 2 nitrogen and oxygen atoms in total. The van der Waals surface area contributed by atoms with Crippen LogP contribution in [0.15, 0.2) is 24.3 Å². The highest BCUT2D eigenvalue weighted by Gasteiger charge is 2.10. The maximum absolute atomic E-state index is 4.12. The highest BCUT2D eigenvalue weighted by molar-refractivity contribution is 5.57. The van der Waals surface area contributed by atoms with Gasteiger partial charge in [-0.25, -0.2) is 0 Å². The van der Waals surface area contributed by atoms with Crippen LogP contribution in [0.3, 0.4) is 0 Å². The van der Waals surface area contributed by atoms with E-state index in [0.29, 0.717) is 0 Å². The third-order valence-electron chi connectivity index (χ3n) is 2.58. The zero-order valence-electron chi connectivity index (χ0n) is 8.03. The molecule has 1 heterocycles. The number of hydrogen-bond donors (Lipinski definition) is 0. The molecule has 1 saturated heterocycles. The first-order chi connectivity index (χ1) is 6.40. The van der Waals surface area contributed by atoms with Gasteiger partial charge in [-0.05, 0) is 25.0 Å². The van der Waals surface area contributed by atoms with Gasteiger partial charge < -0.3 is 10.2 Å². The molecular weight excluding hydrogens is 160 g/mol. The molecule has 0 aliphatic carbocycles. The van der Waals surface area contributed by atoms with Gasteiger partial charge in [0.15, 0.2) is 0 Å². The maximum atomic E-state index is 4.12. The second kappa shape index (κ2) is 3.69. The fourth-order valence-electron chi connectivity index (χ4n) is 1.79. The highest BCUT2D eigenvalue weighted by Crippen LogP contribution is 2.24. The normalized spacial score (nSPS) is 16.2. The van der Waals surface area contributed by atoms with E-state index in [2.05, 4.69) is 34.5 Å². The summed E-state index contributed by atoms with van der Waals surface area (Å²) in [6, 6.07) is 8.47. The SMILES string of the molecule is C[N-]c1ccc(N2CCCC2)cc1. The second-order valence-corrected chi connectivity index (χ2v) is 3.43. The van der Waals surface area contributed by atoms with Gasteiger partial charge in [-0.1, -0.05) is 12.1 Å². The van der Waals surface area contributed by atoms with Gasteiger partial charge in [0.2, 0.25) is 0 Å². The molecule has 1 fully saturated rings. The van der Waals surface area contributed by atoms with Crippen molar-refractivity contribution in [2.24, 2.45) is 0 Å². The molecule has 0 saturated carbocycles. The Labute approximate surface area is 79.6 Å². The van der Waals surface area contributed by atoms with Crippen molar-refractivity contribution in [3.8, 4) is 0 Å². The van der Waals surface area contributed by atoms with Crippen molar-refractivity contribution in [3.05, 3.63) is 29.6 Å². The Bertz CT molecular complexity index is 260. The molecular formula is C11H15N2-. The Hall–Kier alpha value is -1.18. The largest absolute Gasteiger partial charge is 0.687 e. The number of nitrogens with zero attached hydrogens (tertiary/aromatic N) is 2. The molecule has 1 aromatic rings. The zero-order chi connectivity index (χ0) is 9.10. The van der Waals surface area contributed by atoms with Gasteiger partial charge in [-0.15, -0.1) is 12.7 Å². The third kappa shape index (κ3) is 1.77. The minimum atomic E-state index is 1.06. The predicted molar refractivity (Wildman–Crippen MR) is 56.8 cm³/mol. The molecule has 13 heavy (non-hydrogen) atoms. The Kier molecular flexibility index (Phi) is 2.39. The molecule has 1 aliphatic rings. The summed E-state index contributed by atoms with van der Waals surface area (Å²) in [5.41, 5.74) is 2.40. The van der Waals surface area contributed by atoms with Gasteiger partial charge >= 0.3 is 0 Å². The summed E-state index contributed by atoms with van der Waals surface area (Å²) >= 11 is 0. The summed E-state index contributed by atoms with van der Waals surface area (Å²) in [7, 11) is 1.82. The molecule has 2 heteroatoms. The van der Waals surface area contributed by atoms with E-state index in [0.717, 1.165) is 5.69 Å². The average molecular weight is 175 g/mol. The molecule has 0 atom stereocenters. The minimum Gasteiger partial charge on any atom is -0.687 e. The molecule has 0 amide bonds. The lowest BCUT2D eigenvalue weighted by atomic mass is 10.2. The summed E-state index contributed by atoms with van der Waals surface area (Å²) < 4.78 is 0. The van der Waals surface area contributed by atoms with Crippen molar-refractivity contribution in [1.29, 1.82) is 0 Å². The fourth-order valence-corrected chi connectivity index (χ4v) is 1.79.